The molecule has 0 amide bonds. The van der Waals surface area contributed by atoms with E-state index in [1.54, 1.807) is 12.1 Å². The maximum atomic E-state index is 12.5. The van der Waals surface area contributed by atoms with Crippen LogP contribution >= 0.6 is 11.6 Å². The molecule has 1 aromatic carbocycles. The molecule has 0 N–H and O–H groups in total. The second-order valence-corrected chi connectivity index (χ2v) is 6.29. The highest BCUT2D eigenvalue weighted by Gasteiger charge is 2.23. The number of likely N-dealkylation sites (tertiary alicyclic amines) is 1. The molecular formula is C16H20ClNO3. The number of ketones is 1. The average Bonchev–Trinajstić information content (AvgIpc) is 2.46. The van der Waals surface area contributed by atoms with E-state index in [2.05, 4.69) is 11.8 Å². The topological polar surface area (TPSA) is 38.8 Å². The Morgan fingerprint density at radius 2 is 2.05 bits per heavy atom. The highest BCUT2D eigenvalue weighted by atomic mass is 35.5. The lowest BCUT2D eigenvalue weighted by Gasteiger charge is -2.30. The molecule has 114 valence electrons. The van der Waals surface area contributed by atoms with Crippen molar-refractivity contribution >= 4 is 17.4 Å². The number of piperidine rings is 1. The lowest BCUT2D eigenvalue weighted by molar-refractivity contribution is 0.0892. The van der Waals surface area contributed by atoms with Crippen LogP contribution in [-0.4, -0.2) is 43.5 Å². The normalized spacial score (nSPS) is 22.1. The molecular weight excluding hydrogens is 290 g/mol. The van der Waals surface area contributed by atoms with Gasteiger partial charge in [-0.05, 0) is 31.4 Å². The van der Waals surface area contributed by atoms with Crippen molar-refractivity contribution in [3.63, 3.8) is 0 Å². The van der Waals surface area contributed by atoms with E-state index in [4.69, 9.17) is 21.1 Å². The second kappa shape index (κ2) is 6.24. The fraction of sp³-hybridized carbons (Fsp3) is 0.562. The number of hydrogen-bond donors (Lipinski definition) is 0. The molecule has 1 atom stereocenters. The van der Waals surface area contributed by atoms with Crippen molar-refractivity contribution < 1.29 is 14.3 Å². The van der Waals surface area contributed by atoms with E-state index < -0.39 is 0 Å². The highest BCUT2D eigenvalue weighted by molar-refractivity contribution is 6.34. The summed E-state index contributed by atoms with van der Waals surface area (Å²) in [6.45, 7) is 5.64. The first-order valence-electron chi connectivity index (χ1n) is 7.48. The largest absolute Gasteiger partial charge is 0.486 e. The summed E-state index contributed by atoms with van der Waals surface area (Å²) in [5.74, 6) is 1.93. The predicted molar refractivity (Wildman–Crippen MR) is 81.6 cm³/mol. The van der Waals surface area contributed by atoms with Crippen molar-refractivity contribution in [2.24, 2.45) is 5.92 Å². The Bertz CT molecular complexity index is 547. The lowest BCUT2D eigenvalue weighted by Crippen LogP contribution is -2.38. The van der Waals surface area contributed by atoms with Gasteiger partial charge in [-0.2, -0.15) is 0 Å². The minimum absolute atomic E-state index is 0.0473. The zero-order chi connectivity index (χ0) is 14.8. The van der Waals surface area contributed by atoms with E-state index in [1.807, 2.05) is 0 Å². The van der Waals surface area contributed by atoms with Crippen LogP contribution in [0.15, 0.2) is 12.1 Å². The van der Waals surface area contributed by atoms with Gasteiger partial charge in [0.15, 0.2) is 17.3 Å². The van der Waals surface area contributed by atoms with Crippen LogP contribution in [0.4, 0.5) is 0 Å². The maximum Gasteiger partial charge on any atom is 0.178 e. The van der Waals surface area contributed by atoms with Crippen molar-refractivity contribution in [3.05, 3.63) is 22.7 Å². The average molecular weight is 310 g/mol. The van der Waals surface area contributed by atoms with Gasteiger partial charge in [-0.1, -0.05) is 18.5 Å². The second-order valence-electron chi connectivity index (χ2n) is 5.88. The Labute approximate surface area is 130 Å². The zero-order valence-electron chi connectivity index (χ0n) is 12.2. The Kier molecular flexibility index (Phi) is 4.36. The fourth-order valence-corrected chi connectivity index (χ4v) is 3.26. The van der Waals surface area contributed by atoms with E-state index in [-0.39, 0.29) is 5.78 Å². The SMILES string of the molecule is CC1CCCN(CC(=O)c2cc3c(cc2Cl)OCCO3)C1. The third-order valence-electron chi connectivity index (χ3n) is 4.04. The number of rotatable bonds is 3. The van der Waals surface area contributed by atoms with Crippen molar-refractivity contribution in [2.75, 3.05) is 32.8 Å². The summed E-state index contributed by atoms with van der Waals surface area (Å²) < 4.78 is 11.0. The van der Waals surface area contributed by atoms with Crippen LogP contribution in [0.5, 0.6) is 11.5 Å². The van der Waals surface area contributed by atoms with Crippen molar-refractivity contribution in [2.45, 2.75) is 19.8 Å². The Morgan fingerprint density at radius 3 is 2.76 bits per heavy atom. The van der Waals surface area contributed by atoms with E-state index in [1.165, 1.54) is 6.42 Å². The van der Waals surface area contributed by atoms with E-state index >= 15 is 0 Å². The van der Waals surface area contributed by atoms with Crippen LogP contribution in [0, 0.1) is 5.92 Å². The molecule has 2 aliphatic heterocycles. The summed E-state index contributed by atoms with van der Waals surface area (Å²) in [6.07, 6.45) is 2.40. The summed E-state index contributed by atoms with van der Waals surface area (Å²) >= 11 is 6.23. The van der Waals surface area contributed by atoms with Crippen molar-refractivity contribution in [1.82, 2.24) is 4.90 Å². The van der Waals surface area contributed by atoms with E-state index in [9.17, 15) is 4.79 Å². The third-order valence-corrected chi connectivity index (χ3v) is 4.35. The number of halogens is 1. The van der Waals surface area contributed by atoms with Gasteiger partial charge in [0.1, 0.15) is 13.2 Å². The first kappa shape index (κ1) is 14.7. The van der Waals surface area contributed by atoms with Gasteiger partial charge >= 0.3 is 0 Å². The van der Waals surface area contributed by atoms with Gasteiger partial charge in [-0.25, -0.2) is 0 Å². The molecule has 2 aliphatic rings. The molecule has 1 fully saturated rings. The predicted octanol–water partition coefficient (Wildman–Crippen LogP) is 3.03. The van der Waals surface area contributed by atoms with Gasteiger partial charge in [-0.15, -0.1) is 0 Å². The molecule has 5 heteroatoms. The van der Waals surface area contributed by atoms with Crippen LogP contribution in [0.3, 0.4) is 0 Å². The van der Waals surface area contributed by atoms with Gasteiger partial charge in [0.25, 0.3) is 0 Å². The summed E-state index contributed by atoms with van der Waals surface area (Å²) in [5.41, 5.74) is 0.527. The minimum Gasteiger partial charge on any atom is -0.486 e. The number of fused-ring (bicyclic) bond motifs is 1. The van der Waals surface area contributed by atoms with Gasteiger partial charge in [-0.3, -0.25) is 9.69 Å². The number of benzene rings is 1. The maximum absolute atomic E-state index is 12.5. The van der Waals surface area contributed by atoms with Crippen molar-refractivity contribution in [1.29, 1.82) is 0 Å². The Hall–Kier alpha value is -1.26. The van der Waals surface area contributed by atoms with Crippen LogP contribution in [0.1, 0.15) is 30.1 Å². The lowest BCUT2D eigenvalue weighted by atomic mass is 9.99. The minimum atomic E-state index is 0.0473. The molecule has 0 saturated carbocycles. The van der Waals surface area contributed by atoms with E-state index in [0.717, 1.165) is 19.5 Å². The summed E-state index contributed by atoms with van der Waals surface area (Å²) in [4.78, 5) is 14.7. The van der Waals surface area contributed by atoms with Crippen LogP contribution < -0.4 is 9.47 Å². The molecule has 0 aliphatic carbocycles. The monoisotopic (exact) mass is 309 g/mol. The molecule has 1 aromatic rings. The highest BCUT2D eigenvalue weighted by Crippen LogP contribution is 2.35. The third kappa shape index (κ3) is 3.33. The standard InChI is InChI=1S/C16H20ClNO3/c1-11-3-2-4-18(9-11)10-14(19)12-7-15-16(8-13(12)17)21-6-5-20-15/h7-8,11H,2-6,9-10H2,1H3. The molecule has 4 nitrogen and oxygen atoms in total. The van der Waals surface area contributed by atoms with Gasteiger partial charge in [0, 0.05) is 18.2 Å². The summed E-state index contributed by atoms with van der Waals surface area (Å²) in [5, 5.41) is 0.439. The number of nitrogens with zero attached hydrogens (tertiary/aromatic N) is 1. The van der Waals surface area contributed by atoms with Gasteiger partial charge in [0.2, 0.25) is 0 Å². The number of ether oxygens (including phenoxy) is 2. The van der Waals surface area contributed by atoms with Gasteiger partial charge in [0.05, 0.1) is 11.6 Å². The summed E-state index contributed by atoms with van der Waals surface area (Å²) in [7, 11) is 0. The molecule has 0 bridgehead atoms. The molecule has 1 unspecified atom stereocenters. The Balaban J connectivity index is 1.75. The molecule has 0 radical (unpaired) electrons. The molecule has 0 spiro atoms. The van der Waals surface area contributed by atoms with E-state index in [0.29, 0.717) is 47.8 Å². The molecule has 2 heterocycles. The molecule has 21 heavy (non-hydrogen) atoms. The zero-order valence-corrected chi connectivity index (χ0v) is 13.0. The quantitative estimate of drug-likeness (QED) is 0.805. The molecule has 3 rings (SSSR count). The summed E-state index contributed by atoms with van der Waals surface area (Å²) in [6, 6.07) is 3.40. The van der Waals surface area contributed by atoms with Crippen molar-refractivity contribution in [3.8, 4) is 11.5 Å². The Morgan fingerprint density at radius 1 is 1.33 bits per heavy atom. The molecule has 1 saturated heterocycles. The fourth-order valence-electron chi connectivity index (χ4n) is 3.00. The van der Waals surface area contributed by atoms with Crippen LogP contribution in [0.25, 0.3) is 0 Å². The van der Waals surface area contributed by atoms with Gasteiger partial charge < -0.3 is 9.47 Å². The number of carbonyl (C=O) groups is 1. The smallest absolute Gasteiger partial charge is 0.178 e. The number of hydrogen-bond acceptors (Lipinski definition) is 4. The van der Waals surface area contributed by atoms with Crippen LogP contribution in [-0.2, 0) is 0 Å². The number of carbonyl (C=O) groups excluding carboxylic acids is 1. The first-order valence-corrected chi connectivity index (χ1v) is 7.86. The number of Topliss-reactive ketones (excluding diaryl/α,β-unsaturated/α-hetero) is 1. The van der Waals surface area contributed by atoms with Crippen LogP contribution in [0.2, 0.25) is 5.02 Å². The first-order chi connectivity index (χ1) is 10.1. The molecule has 0 aromatic heterocycles.